The summed E-state index contributed by atoms with van der Waals surface area (Å²) >= 11 is 0. The number of benzene rings is 1. The number of nitrogens with one attached hydrogen (secondary N) is 2. The molecule has 0 saturated heterocycles. The Labute approximate surface area is 141 Å². The molecule has 0 aliphatic heterocycles. The average molecular weight is 327 g/mol. The molecule has 2 amide bonds. The Morgan fingerprint density at radius 2 is 1.92 bits per heavy atom. The van der Waals surface area contributed by atoms with Crippen LogP contribution in [0.25, 0.3) is 0 Å². The van der Waals surface area contributed by atoms with Crippen LogP contribution in [-0.2, 0) is 22.6 Å². The maximum atomic E-state index is 12.0. The second-order valence-corrected chi connectivity index (χ2v) is 5.39. The minimum absolute atomic E-state index is 0.204. The number of rotatable bonds is 7. The molecule has 0 unspecified atom stereocenters. The van der Waals surface area contributed by atoms with E-state index in [2.05, 4.69) is 15.6 Å². The summed E-state index contributed by atoms with van der Waals surface area (Å²) in [5, 5.41) is 5.47. The summed E-state index contributed by atoms with van der Waals surface area (Å²) in [4.78, 5) is 28.0. The van der Waals surface area contributed by atoms with Crippen molar-refractivity contribution in [3.05, 3.63) is 59.9 Å². The van der Waals surface area contributed by atoms with Gasteiger partial charge in [0, 0.05) is 18.9 Å². The highest BCUT2D eigenvalue weighted by atomic mass is 16.5. The predicted molar refractivity (Wildman–Crippen MR) is 90.4 cm³/mol. The molecule has 1 aromatic heterocycles. The van der Waals surface area contributed by atoms with Gasteiger partial charge in [-0.2, -0.15) is 0 Å². The largest absolute Gasteiger partial charge is 0.497 e. The molecule has 2 aromatic rings. The highest BCUT2D eigenvalue weighted by Crippen LogP contribution is 2.11. The van der Waals surface area contributed by atoms with Gasteiger partial charge in [-0.1, -0.05) is 18.2 Å². The molecule has 0 fully saturated rings. The Balaban J connectivity index is 1.78. The van der Waals surface area contributed by atoms with Gasteiger partial charge in [0.15, 0.2) is 0 Å². The highest BCUT2D eigenvalue weighted by molar-refractivity contribution is 5.88. The third-order valence-corrected chi connectivity index (χ3v) is 3.48. The molecular formula is C18H21N3O3. The monoisotopic (exact) mass is 327 g/mol. The van der Waals surface area contributed by atoms with Crippen molar-refractivity contribution in [1.82, 2.24) is 15.6 Å². The van der Waals surface area contributed by atoms with Crippen molar-refractivity contribution in [3.8, 4) is 5.75 Å². The summed E-state index contributed by atoms with van der Waals surface area (Å²) in [6.45, 7) is 2.04. The standard InChI is InChI=1S/C18H21N3O3/c1-13(18(23)20-12-15-4-3-9-19-11-15)21-17(22)10-14-5-7-16(24-2)8-6-14/h3-9,11,13H,10,12H2,1-2H3,(H,20,23)(H,21,22)/t13-/m0/s1. The van der Waals surface area contributed by atoms with Crippen LogP contribution in [-0.4, -0.2) is 29.9 Å². The van der Waals surface area contributed by atoms with E-state index in [1.165, 1.54) is 0 Å². The highest BCUT2D eigenvalue weighted by Gasteiger charge is 2.15. The van der Waals surface area contributed by atoms with Crippen LogP contribution in [0, 0.1) is 0 Å². The van der Waals surface area contributed by atoms with Gasteiger partial charge in [0.05, 0.1) is 13.5 Å². The lowest BCUT2D eigenvalue weighted by Gasteiger charge is -2.14. The minimum Gasteiger partial charge on any atom is -0.497 e. The first-order chi connectivity index (χ1) is 11.6. The van der Waals surface area contributed by atoms with Gasteiger partial charge in [0.25, 0.3) is 0 Å². The third kappa shape index (κ3) is 5.39. The number of amides is 2. The molecule has 2 rings (SSSR count). The maximum absolute atomic E-state index is 12.0. The number of hydrogen-bond donors (Lipinski definition) is 2. The zero-order valence-electron chi connectivity index (χ0n) is 13.8. The van der Waals surface area contributed by atoms with Gasteiger partial charge in [0.2, 0.25) is 11.8 Å². The molecule has 0 spiro atoms. The Kier molecular flexibility index (Phi) is 6.31. The summed E-state index contributed by atoms with van der Waals surface area (Å²) in [6, 6.07) is 10.3. The smallest absolute Gasteiger partial charge is 0.242 e. The van der Waals surface area contributed by atoms with Crippen molar-refractivity contribution < 1.29 is 14.3 Å². The van der Waals surface area contributed by atoms with Gasteiger partial charge in [-0.15, -0.1) is 0 Å². The molecule has 2 N–H and O–H groups in total. The molecular weight excluding hydrogens is 306 g/mol. The third-order valence-electron chi connectivity index (χ3n) is 3.48. The van der Waals surface area contributed by atoms with Gasteiger partial charge < -0.3 is 15.4 Å². The fraction of sp³-hybridized carbons (Fsp3) is 0.278. The molecule has 0 aliphatic carbocycles. The van der Waals surface area contributed by atoms with Crippen LogP contribution >= 0.6 is 0 Å². The van der Waals surface area contributed by atoms with Gasteiger partial charge in [-0.25, -0.2) is 0 Å². The molecule has 1 aromatic carbocycles. The Morgan fingerprint density at radius 3 is 2.54 bits per heavy atom. The Hall–Kier alpha value is -2.89. The van der Waals surface area contributed by atoms with E-state index in [9.17, 15) is 9.59 Å². The molecule has 126 valence electrons. The summed E-state index contributed by atoms with van der Waals surface area (Å²) < 4.78 is 5.08. The SMILES string of the molecule is COc1ccc(CC(=O)N[C@@H](C)C(=O)NCc2cccnc2)cc1. The van der Waals surface area contributed by atoms with Gasteiger partial charge in [-0.05, 0) is 36.2 Å². The second-order valence-electron chi connectivity index (χ2n) is 5.39. The average Bonchev–Trinajstić information content (AvgIpc) is 2.61. The Morgan fingerprint density at radius 1 is 1.17 bits per heavy atom. The van der Waals surface area contributed by atoms with E-state index in [1.54, 1.807) is 38.6 Å². The lowest BCUT2D eigenvalue weighted by atomic mass is 10.1. The molecule has 0 radical (unpaired) electrons. The molecule has 0 saturated carbocycles. The van der Waals surface area contributed by atoms with Crippen molar-refractivity contribution >= 4 is 11.8 Å². The van der Waals surface area contributed by atoms with Crippen molar-refractivity contribution in [1.29, 1.82) is 0 Å². The van der Waals surface area contributed by atoms with E-state index in [0.29, 0.717) is 6.54 Å². The zero-order chi connectivity index (χ0) is 17.4. The van der Waals surface area contributed by atoms with Crippen molar-refractivity contribution in [2.75, 3.05) is 7.11 Å². The van der Waals surface area contributed by atoms with Gasteiger partial charge in [0.1, 0.15) is 11.8 Å². The van der Waals surface area contributed by atoms with E-state index in [1.807, 2.05) is 24.3 Å². The van der Waals surface area contributed by atoms with Crippen molar-refractivity contribution in [2.24, 2.45) is 0 Å². The first-order valence-electron chi connectivity index (χ1n) is 7.67. The van der Waals surface area contributed by atoms with E-state index in [0.717, 1.165) is 16.9 Å². The molecule has 6 nitrogen and oxygen atoms in total. The van der Waals surface area contributed by atoms with Crippen LogP contribution in [0.2, 0.25) is 0 Å². The number of methoxy groups -OCH3 is 1. The summed E-state index contributed by atoms with van der Waals surface area (Å²) in [7, 11) is 1.59. The number of carbonyl (C=O) groups excluding carboxylic acids is 2. The zero-order valence-corrected chi connectivity index (χ0v) is 13.8. The van der Waals surface area contributed by atoms with Crippen LogP contribution in [0.3, 0.4) is 0 Å². The number of hydrogen-bond acceptors (Lipinski definition) is 4. The molecule has 0 bridgehead atoms. The maximum Gasteiger partial charge on any atom is 0.242 e. The molecule has 0 aliphatic rings. The lowest BCUT2D eigenvalue weighted by molar-refractivity contribution is -0.128. The Bertz CT molecular complexity index is 672. The minimum atomic E-state index is -0.604. The fourth-order valence-corrected chi connectivity index (χ4v) is 2.13. The number of carbonyl (C=O) groups is 2. The van der Waals surface area contributed by atoms with Gasteiger partial charge >= 0.3 is 0 Å². The topological polar surface area (TPSA) is 80.3 Å². The summed E-state index contributed by atoms with van der Waals surface area (Å²) in [5.74, 6) is 0.299. The van der Waals surface area contributed by atoms with Crippen LogP contribution in [0.1, 0.15) is 18.1 Å². The van der Waals surface area contributed by atoms with Crippen LogP contribution in [0.5, 0.6) is 5.75 Å². The van der Waals surface area contributed by atoms with Crippen molar-refractivity contribution in [3.63, 3.8) is 0 Å². The fourth-order valence-electron chi connectivity index (χ4n) is 2.13. The van der Waals surface area contributed by atoms with E-state index in [4.69, 9.17) is 4.74 Å². The predicted octanol–water partition coefficient (Wildman–Crippen LogP) is 1.45. The summed E-state index contributed by atoms with van der Waals surface area (Å²) in [6.07, 6.45) is 3.57. The van der Waals surface area contributed by atoms with Crippen LogP contribution < -0.4 is 15.4 Å². The number of ether oxygens (including phenoxy) is 1. The first-order valence-corrected chi connectivity index (χ1v) is 7.67. The molecule has 1 atom stereocenters. The molecule has 24 heavy (non-hydrogen) atoms. The van der Waals surface area contributed by atoms with Crippen LogP contribution in [0.15, 0.2) is 48.8 Å². The number of pyridine rings is 1. The van der Waals surface area contributed by atoms with E-state index >= 15 is 0 Å². The van der Waals surface area contributed by atoms with Crippen molar-refractivity contribution in [2.45, 2.75) is 25.9 Å². The second kappa shape index (κ2) is 8.67. The van der Waals surface area contributed by atoms with Crippen LogP contribution in [0.4, 0.5) is 0 Å². The molecule has 6 heteroatoms. The normalized spacial score (nSPS) is 11.4. The van der Waals surface area contributed by atoms with Gasteiger partial charge in [-0.3, -0.25) is 14.6 Å². The van der Waals surface area contributed by atoms with E-state index < -0.39 is 6.04 Å². The molecule has 1 heterocycles. The first kappa shape index (κ1) is 17.5. The number of aromatic nitrogens is 1. The quantitative estimate of drug-likeness (QED) is 0.807. The van der Waals surface area contributed by atoms with E-state index in [-0.39, 0.29) is 18.2 Å². The lowest BCUT2D eigenvalue weighted by Crippen LogP contribution is -2.45. The number of nitrogens with zero attached hydrogens (tertiary/aromatic N) is 1. The summed E-state index contributed by atoms with van der Waals surface area (Å²) in [5.41, 5.74) is 1.76.